The zero-order chi connectivity index (χ0) is 14.2. The smallest absolute Gasteiger partial charge is 0.352 e. The molecule has 104 valence electrons. The molecule has 0 aromatic carbocycles. The SMILES string of the molecule is CC(=O)c1cc(C(=O)O)n(CC2CCS(=O)(=O)C2)c1. The van der Waals surface area contributed by atoms with Crippen LogP contribution in [0, 0.1) is 5.92 Å². The average molecular weight is 285 g/mol. The molecule has 1 unspecified atom stereocenters. The van der Waals surface area contributed by atoms with Gasteiger partial charge in [-0.15, -0.1) is 0 Å². The van der Waals surface area contributed by atoms with Crippen molar-refractivity contribution in [2.45, 2.75) is 19.9 Å². The summed E-state index contributed by atoms with van der Waals surface area (Å²) in [6, 6.07) is 1.33. The maximum absolute atomic E-state index is 11.4. The second-order valence-corrected chi connectivity index (χ2v) is 7.13. The third-order valence-electron chi connectivity index (χ3n) is 3.30. The molecule has 0 amide bonds. The molecule has 1 atom stereocenters. The van der Waals surface area contributed by atoms with Crippen molar-refractivity contribution in [2.24, 2.45) is 5.92 Å². The number of nitrogens with zero attached hydrogens (tertiary/aromatic N) is 1. The summed E-state index contributed by atoms with van der Waals surface area (Å²) in [6.45, 7) is 1.68. The van der Waals surface area contributed by atoms with Crippen LogP contribution in [-0.4, -0.2) is 41.3 Å². The van der Waals surface area contributed by atoms with Crippen LogP contribution in [0.15, 0.2) is 12.3 Å². The first-order chi connectivity index (χ1) is 8.78. The van der Waals surface area contributed by atoms with E-state index in [1.807, 2.05) is 0 Å². The van der Waals surface area contributed by atoms with Crippen LogP contribution in [0.25, 0.3) is 0 Å². The molecule has 2 rings (SSSR count). The van der Waals surface area contributed by atoms with Crippen molar-refractivity contribution in [3.05, 3.63) is 23.5 Å². The zero-order valence-corrected chi connectivity index (χ0v) is 11.3. The Balaban J connectivity index is 2.24. The summed E-state index contributed by atoms with van der Waals surface area (Å²) in [5, 5.41) is 9.09. The van der Waals surface area contributed by atoms with Crippen molar-refractivity contribution >= 4 is 21.6 Å². The first-order valence-corrected chi connectivity index (χ1v) is 7.75. The Morgan fingerprint density at radius 3 is 2.63 bits per heavy atom. The van der Waals surface area contributed by atoms with Crippen LogP contribution in [0.4, 0.5) is 0 Å². The molecule has 1 saturated heterocycles. The molecule has 0 bridgehead atoms. The van der Waals surface area contributed by atoms with Crippen LogP contribution < -0.4 is 0 Å². The standard InChI is InChI=1S/C12H15NO5S/c1-8(14)10-4-11(12(15)16)13(6-10)5-9-2-3-19(17,18)7-9/h4,6,9H,2-3,5,7H2,1H3,(H,15,16). The summed E-state index contributed by atoms with van der Waals surface area (Å²) in [7, 11) is -2.99. The van der Waals surface area contributed by atoms with Gasteiger partial charge in [0.15, 0.2) is 15.6 Å². The fraction of sp³-hybridized carbons (Fsp3) is 0.500. The van der Waals surface area contributed by atoms with E-state index >= 15 is 0 Å². The van der Waals surface area contributed by atoms with E-state index in [0.29, 0.717) is 18.5 Å². The molecule has 1 aliphatic heterocycles. The van der Waals surface area contributed by atoms with Gasteiger partial charge in [-0.3, -0.25) is 4.79 Å². The van der Waals surface area contributed by atoms with E-state index in [1.165, 1.54) is 23.8 Å². The van der Waals surface area contributed by atoms with Crippen molar-refractivity contribution < 1.29 is 23.1 Å². The quantitative estimate of drug-likeness (QED) is 0.827. The molecule has 6 nitrogen and oxygen atoms in total. The van der Waals surface area contributed by atoms with Gasteiger partial charge < -0.3 is 9.67 Å². The normalized spacial score (nSPS) is 21.4. The molecule has 2 heterocycles. The minimum Gasteiger partial charge on any atom is -0.477 e. The number of Topliss-reactive ketones (excluding diaryl/α,β-unsaturated/α-hetero) is 1. The first kappa shape index (κ1) is 13.8. The predicted molar refractivity (Wildman–Crippen MR) is 68.2 cm³/mol. The number of sulfone groups is 1. The molecule has 1 aromatic rings. The van der Waals surface area contributed by atoms with Gasteiger partial charge in [0.2, 0.25) is 0 Å². The van der Waals surface area contributed by atoms with E-state index in [9.17, 15) is 18.0 Å². The number of aromatic carboxylic acids is 1. The Labute approximate surface area is 111 Å². The summed E-state index contributed by atoms with van der Waals surface area (Å²) in [5.41, 5.74) is 0.354. The van der Waals surface area contributed by atoms with Crippen LogP contribution in [0.3, 0.4) is 0 Å². The minimum atomic E-state index is -2.99. The maximum atomic E-state index is 11.4. The number of aromatic nitrogens is 1. The molecule has 0 spiro atoms. The summed E-state index contributed by atoms with van der Waals surface area (Å²) in [6.07, 6.45) is 2.02. The molecule has 1 fully saturated rings. The van der Waals surface area contributed by atoms with Gasteiger partial charge in [-0.2, -0.15) is 0 Å². The van der Waals surface area contributed by atoms with Gasteiger partial charge in [0, 0.05) is 18.3 Å². The highest BCUT2D eigenvalue weighted by Gasteiger charge is 2.29. The van der Waals surface area contributed by atoms with Gasteiger partial charge in [-0.1, -0.05) is 0 Å². The van der Waals surface area contributed by atoms with Crippen LogP contribution in [-0.2, 0) is 16.4 Å². The van der Waals surface area contributed by atoms with E-state index in [4.69, 9.17) is 5.11 Å². The van der Waals surface area contributed by atoms with E-state index in [1.54, 1.807) is 0 Å². The van der Waals surface area contributed by atoms with Crippen molar-refractivity contribution in [1.29, 1.82) is 0 Å². The Morgan fingerprint density at radius 2 is 2.16 bits per heavy atom. The molecule has 1 N–H and O–H groups in total. The predicted octanol–water partition coefficient (Wildman–Crippen LogP) is 0.824. The van der Waals surface area contributed by atoms with Gasteiger partial charge in [0.25, 0.3) is 0 Å². The summed E-state index contributed by atoms with van der Waals surface area (Å²) < 4.78 is 24.2. The molecular formula is C12H15NO5S. The largest absolute Gasteiger partial charge is 0.477 e. The number of carbonyl (C=O) groups is 2. The van der Waals surface area contributed by atoms with Gasteiger partial charge in [0.05, 0.1) is 11.5 Å². The second-order valence-electron chi connectivity index (χ2n) is 4.90. The molecule has 1 aromatic heterocycles. The molecule has 19 heavy (non-hydrogen) atoms. The zero-order valence-electron chi connectivity index (χ0n) is 10.5. The molecular weight excluding hydrogens is 270 g/mol. The minimum absolute atomic E-state index is 0.0227. The summed E-state index contributed by atoms with van der Waals surface area (Å²) >= 11 is 0. The third-order valence-corrected chi connectivity index (χ3v) is 5.14. The van der Waals surface area contributed by atoms with E-state index in [0.717, 1.165) is 0 Å². The number of ketones is 1. The number of rotatable bonds is 4. The number of carboxylic acid groups (broad SMARTS) is 1. The lowest BCUT2D eigenvalue weighted by Gasteiger charge is -2.10. The van der Waals surface area contributed by atoms with Gasteiger partial charge in [0.1, 0.15) is 5.69 Å². The third kappa shape index (κ3) is 3.04. The Morgan fingerprint density at radius 1 is 1.47 bits per heavy atom. The van der Waals surface area contributed by atoms with Crippen LogP contribution in [0.2, 0.25) is 0 Å². The molecule has 0 aliphatic carbocycles. The molecule has 1 aliphatic rings. The summed E-state index contributed by atoms with van der Waals surface area (Å²) in [5.74, 6) is -1.18. The topological polar surface area (TPSA) is 93.4 Å². The Kier molecular flexibility index (Phi) is 3.49. The van der Waals surface area contributed by atoms with Crippen molar-refractivity contribution in [1.82, 2.24) is 4.57 Å². The van der Waals surface area contributed by atoms with Crippen molar-refractivity contribution in [3.8, 4) is 0 Å². The van der Waals surface area contributed by atoms with Crippen LogP contribution >= 0.6 is 0 Å². The lowest BCUT2D eigenvalue weighted by molar-refractivity contribution is 0.0684. The lowest BCUT2D eigenvalue weighted by atomic mass is 10.1. The van der Waals surface area contributed by atoms with E-state index in [2.05, 4.69) is 0 Å². The van der Waals surface area contributed by atoms with Crippen LogP contribution in [0.5, 0.6) is 0 Å². The fourth-order valence-electron chi connectivity index (χ4n) is 2.33. The number of carboxylic acids is 1. The highest BCUT2D eigenvalue weighted by atomic mass is 32.2. The number of carbonyl (C=O) groups excluding carboxylic acids is 1. The number of hydrogen-bond donors (Lipinski definition) is 1. The van der Waals surface area contributed by atoms with Crippen molar-refractivity contribution in [2.75, 3.05) is 11.5 Å². The summed E-state index contributed by atoms with van der Waals surface area (Å²) in [4.78, 5) is 22.4. The van der Waals surface area contributed by atoms with Gasteiger partial charge in [-0.25, -0.2) is 13.2 Å². The molecule has 7 heteroatoms. The molecule has 0 radical (unpaired) electrons. The van der Waals surface area contributed by atoms with Gasteiger partial charge in [-0.05, 0) is 25.3 Å². The Hall–Kier alpha value is -1.63. The Bertz CT molecular complexity index is 629. The highest BCUT2D eigenvalue weighted by Crippen LogP contribution is 2.22. The van der Waals surface area contributed by atoms with Gasteiger partial charge >= 0.3 is 5.97 Å². The monoisotopic (exact) mass is 285 g/mol. The fourth-order valence-corrected chi connectivity index (χ4v) is 4.18. The second kappa shape index (κ2) is 4.80. The average Bonchev–Trinajstić information content (AvgIpc) is 2.83. The first-order valence-electron chi connectivity index (χ1n) is 5.93. The highest BCUT2D eigenvalue weighted by molar-refractivity contribution is 7.91. The molecule has 0 saturated carbocycles. The van der Waals surface area contributed by atoms with Crippen LogP contribution in [0.1, 0.15) is 34.2 Å². The van der Waals surface area contributed by atoms with E-state index < -0.39 is 15.8 Å². The maximum Gasteiger partial charge on any atom is 0.352 e. The van der Waals surface area contributed by atoms with Crippen molar-refractivity contribution in [3.63, 3.8) is 0 Å². The number of hydrogen-bond acceptors (Lipinski definition) is 4. The van der Waals surface area contributed by atoms with E-state index in [-0.39, 0.29) is 28.9 Å². The lowest BCUT2D eigenvalue weighted by Crippen LogP contribution is -2.15.